The van der Waals surface area contributed by atoms with Crippen LogP contribution in [0.2, 0.25) is 0 Å². The van der Waals surface area contributed by atoms with Crippen LogP contribution in [0.25, 0.3) is 0 Å². The van der Waals surface area contributed by atoms with Gasteiger partial charge in [-0.2, -0.15) is 0 Å². The molecule has 0 saturated carbocycles. The highest BCUT2D eigenvalue weighted by atomic mass is 16.4. The second kappa shape index (κ2) is 5.97. The van der Waals surface area contributed by atoms with Gasteiger partial charge in [0.15, 0.2) is 0 Å². The van der Waals surface area contributed by atoms with Crippen molar-refractivity contribution in [3.8, 4) is 0 Å². The lowest BCUT2D eigenvalue weighted by Gasteiger charge is -2.20. The molecule has 2 aromatic heterocycles. The smallest absolute Gasteiger partial charge is 0.208 e. The van der Waals surface area contributed by atoms with Crippen LogP contribution in [0.3, 0.4) is 0 Å². The molecule has 24 heavy (non-hydrogen) atoms. The molecule has 1 saturated heterocycles. The molecule has 1 aliphatic rings. The summed E-state index contributed by atoms with van der Waals surface area (Å²) < 4.78 is 7.63. The molecule has 132 valence electrons. The minimum atomic E-state index is -0.952. The van der Waals surface area contributed by atoms with E-state index < -0.39 is 5.60 Å². The van der Waals surface area contributed by atoms with E-state index in [0.29, 0.717) is 31.1 Å². The van der Waals surface area contributed by atoms with Crippen molar-refractivity contribution in [2.24, 2.45) is 0 Å². The number of rotatable bonds is 4. The third-order valence-corrected chi connectivity index (χ3v) is 4.49. The van der Waals surface area contributed by atoms with E-state index in [9.17, 15) is 5.11 Å². The fourth-order valence-electron chi connectivity index (χ4n) is 2.88. The summed E-state index contributed by atoms with van der Waals surface area (Å²) in [7, 11) is 0. The monoisotopic (exact) mass is 333 g/mol. The average Bonchev–Trinajstić information content (AvgIpc) is 3.18. The number of likely N-dealkylation sites (tertiary alicyclic amines) is 1. The number of hydrogen-bond acceptors (Lipinski definition) is 6. The van der Waals surface area contributed by atoms with Crippen LogP contribution in [0, 0.1) is 0 Å². The van der Waals surface area contributed by atoms with E-state index in [-0.39, 0.29) is 11.5 Å². The molecule has 0 aromatic carbocycles. The van der Waals surface area contributed by atoms with E-state index in [2.05, 4.69) is 41.0 Å². The van der Waals surface area contributed by atoms with Gasteiger partial charge < -0.3 is 9.52 Å². The molecule has 3 heterocycles. The van der Waals surface area contributed by atoms with Gasteiger partial charge in [-0.15, -0.1) is 5.10 Å². The summed E-state index contributed by atoms with van der Waals surface area (Å²) in [6, 6.07) is 0.232. The lowest BCUT2D eigenvalue weighted by atomic mass is 9.94. The Labute approximate surface area is 142 Å². The topological polar surface area (TPSA) is 80.2 Å². The summed E-state index contributed by atoms with van der Waals surface area (Å²) in [6.07, 6.45) is 4.28. The lowest BCUT2D eigenvalue weighted by Crippen LogP contribution is -2.31. The zero-order chi connectivity index (χ0) is 17.5. The molecule has 0 spiro atoms. The fraction of sp³-hybridized carbons (Fsp3) is 0.706. The van der Waals surface area contributed by atoms with Gasteiger partial charge in [0.2, 0.25) is 5.89 Å². The number of hydrogen-bond donors (Lipinski definition) is 1. The molecule has 0 amide bonds. The zero-order valence-electron chi connectivity index (χ0n) is 15.2. The molecule has 1 aliphatic heterocycles. The van der Waals surface area contributed by atoms with Gasteiger partial charge in [-0.1, -0.05) is 26.0 Å². The molecule has 1 atom stereocenters. The Balaban J connectivity index is 1.67. The number of aromatic nitrogens is 4. The Morgan fingerprint density at radius 1 is 1.38 bits per heavy atom. The van der Waals surface area contributed by atoms with Crippen molar-refractivity contribution in [2.75, 3.05) is 13.1 Å². The molecule has 0 unspecified atom stereocenters. The third-order valence-electron chi connectivity index (χ3n) is 4.49. The van der Waals surface area contributed by atoms with Crippen LogP contribution in [0.15, 0.2) is 16.8 Å². The molecule has 7 heteroatoms. The number of β-amino-alcohol motifs (C(OH)–C–C–N with tert-alkyl or cyclic N) is 1. The maximum Gasteiger partial charge on any atom is 0.208 e. The first-order chi connectivity index (χ1) is 11.2. The SMILES string of the molecule is CC(C)n1cc([C@]2(O)CCN(Cc3ncc(C(C)(C)C)o3)C2)nn1. The lowest BCUT2D eigenvalue weighted by molar-refractivity contribution is 0.0399. The van der Waals surface area contributed by atoms with Crippen LogP contribution < -0.4 is 0 Å². The number of aliphatic hydroxyl groups is 1. The number of nitrogens with zero attached hydrogens (tertiary/aromatic N) is 5. The van der Waals surface area contributed by atoms with Crippen molar-refractivity contribution < 1.29 is 9.52 Å². The van der Waals surface area contributed by atoms with E-state index in [1.165, 1.54) is 0 Å². The van der Waals surface area contributed by atoms with Crippen molar-refractivity contribution >= 4 is 0 Å². The first-order valence-electron chi connectivity index (χ1n) is 8.50. The molecular formula is C17H27N5O2. The summed E-state index contributed by atoms with van der Waals surface area (Å²) >= 11 is 0. The van der Waals surface area contributed by atoms with Crippen LogP contribution >= 0.6 is 0 Å². The Hall–Kier alpha value is -1.73. The molecule has 0 bridgehead atoms. The number of oxazole rings is 1. The molecule has 1 fully saturated rings. The van der Waals surface area contributed by atoms with Gasteiger partial charge in [0.25, 0.3) is 0 Å². The Kier molecular flexibility index (Phi) is 4.25. The molecule has 2 aromatic rings. The Morgan fingerprint density at radius 3 is 2.71 bits per heavy atom. The molecule has 0 aliphatic carbocycles. The molecule has 7 nitrogen and oxygen atoms in total. The van der Waals surface area contributed by atoms with Crippen LogP contribution in [-0.2, 0) is 17.6 Å². The van der Waals surface area contributed by atoms with Gasteiger partial charge in [-0.3, -0.25) is 4.90 Å². The van der Waals surface area contributed by atoms with Crippen LogP contribution in [0.4, 0.5) is 0 Å². The second-order valence-electron chi connectivity index (χ2n) is 8.04. The quantitative estimate of drug-likeness (QED) is 0.924. The summed E-state index contributed by atoms with van der Waals surface area (Å²) in [5.41, 5.74) is -0.361. The van der Waals surface area contributed by atoms with Gasteiger partial charge in [-0.25, -0.2) is 9.67 Å². The summed E-state index contributed by atoms with van der Waals surface area (Å²) in [6.45, 7) is 12.3. The normalized spacial score (nSPS) is 22.6. The minimum absolute atomic E-state index is 0.0493. The highest BCUT2D eigenvalue weighted by molar-refractivity contribution is 5.12. The fourth-order valence-corrected chi connectivity index (χ4v) is 2.88. The second-order valence-corrected chi connectivity index (χ2v) is 8.04. The molecule has 3 rings (SSSR count). The van der Waals surface area contributed by atoms with Gasteiger partial charge in [0, 0.05) is 24.5 Å². The summed E-state index contributed by atoms with van der Waals surface area (Å²) in [5.74, 6) is 1.57. The zero-order valence-corrected chi connectivity index (χ0v) is 15.2. The average molecular weight is 333 g/mol. The molecular weight excluding hydrogens is 306 g/mol. The Bertz CT molecular complexity index is 700. The van der Waals surface area contributed by atoms with Crippen molar-refractivity contribution in [2.45, 2.75) is 64.6 Å². The summed E-state index contributed by atoms with van der Waals surface area (Å²) in [4.78, 5) is 6.52. The van der Waals surface area contributed by atoms with Gasteiger partial charge in [-0.05, 0) is 20.3 Å². The van der Waals surface area contributed by atoms with Crippen molar-refractivity contribution in [1.82, 2.24) is 24.9 Å². The van der Waals surface area contributed by atoms with Crippen LogP contribution in [0.5, 0.6) is 0 Å². The van der Waals surface area contributed by atoms with Crippen LogP contribution in [0.1, 0.15) is 64.4 Å². The standard InChI is InChI=1S/C17H27N5O2/c1-12(2)22-9-13(19-20-22)17(23)6-7-21(11-17)10-15-18-8-14(24-15)16(3,4)5/h8-9,12,23H,6-7,10-11H2,1-5H3/t17-/m0/s1. The minimum Gasteiger partial charge on any atom is -0.444 e. The third kappa shape index (κ3) is 3.37. The first-order valence-corrected chi connectivity index (χ1v) is 8.50. The highest BCUT2D eigenvalue weighted by Crippen LogP contribution is 2.32. The Morgan fingerprint density at radius 2 is 2.12 bits per heavy atom. The van der Waals surface area contributed by atoms with Gasteiger partial charge in [0.05, 0.1) is 18.9 Å². The van der Waals surface area contributed by atoms with E-state index >= 15 is 0 Å². The van der Waals surface area contributed by atoms with Crippen molar-refractivity contribution in [1.29, 1.82) is 0 Å². The van der Waals surface area contributed by atoms with Gasteiger partial charge in [0.1, 0.15) is 17.1 Å². The molecule has 1 N–H and O–H groups in total. The van der Waals surface area contributed by atoms with Crippen molar-refractivity contribution in [3.63, 3.8) is 0 Å². The predicted molar refractivity (Wildman–Crippen MR) is 89.4 cm³/mol. The summed E-state index contributed by atoms with van der Waals surface area (Å²) in [5, 5.41) is 19.2. The van der Waals surface area contributed by atoms with E-state index in [4.69, 9.17) is 4.42 Å². The van der Waals surface area contributed by atoms with Crippen LogP contribution in [-0.4, -0.2) is 43.1 Å². The first kappa shape index (κ1) is 17.1. The van der Waals surface area contributed by atoms with Crippen molar-refractivity contribution in [3.05, 3.63) is 29.7 Å². The van der Waals surface area contributed by atoms with E-state index in [0.717, 1.165) is 12.3 Å². The van der Waals surface area contributed by atoms with E-state index in [1.54, 1.807) is 10.9 Å². The maximum atomic E-state index is 10.9. The highest BCUT2D eigenvalue weighted by Gasteiger charge is 2.40. The maximum absolute atomic E-state index is 10.9. The molecule has 0 radical (unpaired) electrons. The van der Waals surface area contributed by atoms with Gasteiger partial charge >= 0.3 is 0 Å². The van der Waals surface area contributed by atoms with E-state index in [1.807, 2.05) is 20.0 Å². The predicted octanol–water partition coefficient (Wildman–Crippen LogP) is 2.24. The largest absolute Gasteiger partial charge is 0.444 e.